The minimum absolute atomic E-state index is 0.193. The van der Waals surface area contributed by atoms with Crippen LogP contribution in [0.1, 0.15) is 34.4 Å². The molecule has 100 valence electrons. The van der Waals surface area contributed by atoms with E-state index in [2.05, 4.69) is 10.4 Å². The Morgan fingerprint density at radius 2 is 1.95 bits per heavy atom. The molecule has 2 aromatic rings. The number of rotatable bonds is 3. The molecule has 0 aromatic carbocycles. The maximum absolute atomic E-state index is 12.2. The monoisotopic (exact) mass is 277 g/mol. The number of hydrogen-bond acceptors (Lipinski definition) is 2. The van der Waals surface area contributed by atoms with Gasteiger partial charge in [0.15, 0.2) is 0 Å². The highest BCUT2D eigenvalue weighted by atomic mass is 35.5. The van der Waals surface area contributed by atoms with E-state index in [0.717, 1.165) is 23.5 Å². The van der Waals surface area contributed by atoms with Gasteiger partial charge in [0.05, 0.1) is 0 Å². The van der Waals surface area contributed by atoms with Gasteiger partial charge in [-0.1, -0.05) is 18.5 Å². The maximum Gasteiger partial charge on any atom is 0.270 e. The van der Waals surface area contributed by atoms with Gasteiger partial charge in [0.25, 0.3) is 5.91 Å². The van der Waals surface area contributed by atoms with Crippen molar-refractivity contribution in [3.8, 4) is 0 Å². The average Bonchev–Trinajstić information content (AvgIpc) is 2.69. The normalized spacial score (nSPS) is 10.5. The standard InChI is InChI=1S/C14H16ClN3O/c1-4-12-7-11(8-13(15)16-12)14(19)17-18-9(2)5-6-10(18)3/h5-8H,4H2,1-3H3,(H,17,19). The van der Waals surface area contributed by atoms with Gasteiger partial charge in [-0.05, 0) is 44.5 Å². The van der Waals surface area contributed by atoms with E-state index in [1.807, 2.05) is 32.9 Å². The first-order chi connectivity index (χ1) is 9.01. The molecule has 1 N–H and O–H groups in total. The molecule has 2 rings (SSSR count). The predicted octanol–water partition coefficient (Wildman–Crippen LogP) is 3.10. The molecule has 0 bridgehead atoms. The topological polar surface area (TPSA) is 46.9 Å². The van der Waals surface area contributed by atoms with Gasteiger partial charge in [0, 0.05) is 22.6 Å². The van der Waals surface area contributed by atoms with E-state index < -0.39 is 0 Å². The highest BCUT2D eigenvalue weighted by Gasteiger charge is 2.11. The third-order valence-corrected chi connectivity index (χ3v) is 3.15. The lowest BCUT2D eigenvalue weighted by Gasteiger charge is -2.11. The number of aromatic nitrogens is 2. The molecule has 19 heavy (non-hydrogen) atoms. The molecule has 0 saturated carbocycles. The first-order valence-electron chi connectivity index (χ1n) is 6.14. The number of pyridine rings is 1. The zero-order valence-corrected chi connectivity index (χ0v) is 12.0. The van der Waals surface area contributed by atoms with Crippen molar-refractivity contribution in [2.45, 2.75) is 27.2 Å². The van der Waals surface area contributed by atoms with E-state index in [-0.39, 0.29) is 5.91 Å². The summed E-state index contributed by atoms with van der Waals surface area (Å²) in [6.45, 7) is 5.84. The van der Waals surface area contributed by atoms with Crippen LogP contribution >= 0.6 is 11.6 Å². The molecule has 1 amide bonds. The molecule has 2 aromatic heterocycles. The Labute approximate surface area is 117 Å². The van der Waals surface area contributed by atoms with Gasteiger partial charge in [0.1, 0.15) is 5.15 Å². The Hall–Kier alpha value is -1.81. The Kier molecular flexibility index (Phi) is 3.90. The molecule has 0 fully saturated rings. The van der Waals surface area contributed by atoms with Gasteiger partial charge in [-0.25, -0.2) is 4.98 Å². The number of carbonyl (C=O) groups excluding carboxylic acids is 1. The second kappa shape index (κ2) is 5.45. The number of nitrogens with zero attached hydrogens (tertiary/aromatic N) is 2. The molecule has 2 heterocycles. The highest BCUT2D eigenvalue weighted by Crippen LogP contribution is 2.12. The molecule has 0 atom stereocenters. The first-order valence-corrected chi connectivity index (χ1v) is 6.52. The smallest absolute Gasteiger partial charge is 0.267 e. The van der Waals surface area contributed by atoms with Crippen molar-refractivity contribution >= 4 is 17.5 Å². The van der Waals surface area contributed by atoms with Crippen molar-refractivity contribution in [1.29, 1.82) is 0 Å². The Morgan fingerprint density at radius 3 is 2.53 bits per heavy atom. The summed E-state index contributed by atoms with van der Waals surface area (Å²) in [4.78, 5) is 16.4. The minimum Gasteiger partial charge on any atom is -0.267 e. The summed E-state index contributed by atoms with van der Waals surface area (Å²) in [7, 11) is 0. The lowest BCUT2D eigenvalue weighted by Crippen LogP contribution is -2.24. The molecule has 0 unspecified atom stereocenters. The maximum atomic E-state index is 12.2. The summed E-state index contributed by atoms with van der Waals surface area (Å²) in [6, 6.07) is 7.23. The average molecular weight is 278 g/mol. The van der Waals surface area contributed by atoms with Crippen molar-refractivity contribution in [2.24, 2.45) is 0 Å². The van der Waals surface area contributed by atoms with Gasteiger partial charge in [-0.15, -0.1) is 0 Å². The van der Waals surface area contributed by atoms with Crippen molar-refractivity contribution in [3.05, 3.63) is 52.1 Å². The molecular formula is C14H16ClN3O. The van der Waals surface area contributed by atoms with Crippen molar-refractivity contribution in [1.82, 2.24) is 9.66 Å². The van der Waals surface area contributed by atoms with Crippen LogP contribution in [0.4, 0.5) is 0 Å². The van der Waals surface area contributed by atoms with E-state index in [1.54, 1.807) is 16.8 Å². The van der Waals surface area contributed by atoms with Crippen molar-refractivity contribution < 1.29 is 4.79 Å². The van der Waals surface area contributed by atoms with Crippen molar-refractivity contribution in [2.75, 3.05) is 5.43 Å². The molecule has 0 aliphatic rings. The van der Waals surface area contributed by atoms with E-state index in [0.29, 0.717) is 10.7 Å². The first kappa shape index (κ1) is 13.6. The van der Waals surface area contributed by atoms with Crippen LogP contribution in [0.5, 0.6) is 0 Å². The van der Waals surface area contributed by atoms with E-state index in [1.165, 1.54) is 0 Å². The molecule has 4 nitrogen and oxygen atoms in total. The van der Waals surface area contributed by atoms with Crippen LogP contribution in [-0.4, -0.2) is 15.6 Å². The summed E-state index contributed by atoms with van der Waals surface area (Å²) < 4.78 is 1.75. The van der Waals surface area contributed by atoms with E-state index in [4.69, 9.17) is 11.6 Å². The molecule has 0 aliphatic heterocycles. The highest BCUT2D eigenvalue weighted by molar-refractivity contribution is 6.29. The Bertz CT molecular complexity index is 600. The molecule has 0 radical (unpaired) electrons. The summed E-state index contributed by atoms with van der Waals surface area (Å²) in [5, 5.41) is 0.338. The van der Waals surface area contributed by atoms with Gasteiger partial charge in [0.2, 0.25) is 0 Å². The molecule has 5 heteroatoms. The third-order valence-electron chi connectivity index (χ3n) is 2.96. The molecule has 0 spiro atoms. The summed E-state index contributed by atoms with van der Waals surface area (Å²) >= 11 is 5.92. The summed E-state index contributed by atoms with van der Waals surface area (Å²) in [5.41, 5.74) is 6.11. The second-order valence-electron chi connectivity index (χ2n) is 4.42. The molecular weight excluding hydrogens is 262 g/mol. The van der Waals surface area contributed by atoms with Crippen LogP contribution in [0.15, 0.2) is 24.3 Å². The number of nitrogens with one attached hydrogen (secondary N) is 1. The molecule has 0 aliphatic carbocycles. The minimum atomic E-state index is -0.193. The predicted molar refractivity (Wildman–Crippen MR) is 76.2 cm³/mol. The van der Waals surface area contributed by atoms with Crippen LogP contribution in [0.2, 0.25) is 5.15 Å². The number of halogens is 1. The zero-order valence-electron chi connectivity index (χ0n) is 11.2. The van der Waals surface area contributed by atoms with Gasteiger partial charge in [-0.3, -0.25) is 14.9 Å². The van der Waals surface area contributed by atoms with Crippen LogP contribution in [-0.2, 0) is 6.42 Å². The van der Waals surface area contributed by atoms with Crippen LogP contribution in [0, 0.1) is 13.8 Å². The number of hydrogen-bond donors (Lipinski definition) is 1. The number of carbonyl (C=O) groups is 1. The lowest BCUT2D eigenvalue weighted by atomic mass is 10.2. The van der Waals surface area contributed by atoms with Crippen LogP contribution < -0.4 is 5.43 Å². The SMILES string of the molecule is CCc1cc(C(=O)Nn2c(C)ccc2C)cc(Cl)n1. The number of aryl methyl sites for hydroxylation is 3. The Morgan fingerprint density at radius 1 is 1.32 bits per heavy atom. The lowest BCUT2D eigenvalue weighted by molar-refractivity contribution is 0.101. The second-order valence-corrected chi connectivity index (χ2v) is 4.80. The van der Waals surface area contributed by atoms with E-state index >= 15 is 0 Å². The van der Waals surface area contributed by atoms with Crippen LogP contribution in [0.25, 0.3) is 0 Å². The third kappa shape index (κ3) is 2.96. The largest absolute Gasteiger partial charge is 0.270 e. The number of amides is 1. The zero-order chi connectivity index (χ0) is 14.0. The fourth-order valence-electron chi connectivity index (χ4n) is 1.87. The fourth-order valence-corrected chi connectivity index (χ4v) is 2.10. The van der Waals surface area contributed by atoms with E-state index in [9.17, 15) is 4.79 Å². The summed E-state index contributed by atoms with van der Waals surface area (Å²) in [5.74, 6) is -0.193. The Balaban J connectivity index is 2.28. The van der Waals surface area contributed by atoms with Gasteiger partial charge in [-0.2, -0.15) is 0 Å². The quantitative estimate of drug-likeness (QED) is 0.877. The fraction of sp³-hybridized carbons (Fsp3) is 0.286. The van der Waals surface area contributed by atoms with Gasteiger partial charge < -0.3 is 0 Å². The van der Waals surface area contributed by atoms with Gasteiger partial charge >= 0.3 is 0 Å². The van der Waals surface area contributed by atoms with Crippen LogP contribution in [0.3, 0.4) is 0 Å². The summed E-state index contributed by atoms with van der Waals surface area (Å²) in [6.07, 6.45) is 0.739. The van der Waals surface area contributed by atoms with Crippen molar-refractivity contribution in [3.63, 3.8) is 0 Å². The molecule has 0 saturated heterocycles.